The summed E-state index contributed by atoms with van der Waals surface area (Å²) >= 11 is 0. The first-order valence-corrected chi connectivity index (χ1v) is 9.05. The van der Waals surface area contributed by atoms with Crippen LogP contribution < -0.4 is 16.7 Å². The molecule has 1 aromatic carbocycles. The highest BCUT2D eigenvalue weighted by molar-refractivity contribution is 6.89. The van der Waals surface area contributed by atoms with E-state index in [0.29, 0.717) is 6.54 Å². The first kappa shape index (κ1) is 14.2. The van der Waals surface area contributed by atoms with Crippen LogP contribution in [0.2, 0.25) is 19.6 Å². The van der Waals surface area contributed by atoms with Crippen molar-refractivity contribution in [3.63, 3.8) is 0 Å². The van der Waals surface area contributed by atoms with E-state index in [4.69, 9.17) is 11.5 Å². The summed E-state index contributed by atoms with van der Waals surface area (Å²) in [6.45, 7) is 6.55. The van der Waals surface area contributed by atoms with E-state index in [1.54, 1.807) is 6.07 Å². The average molecular weight is 266 g/mol. The number of benzene rings is 1. The molecule has 4 N–H and O–H groups in total. The van der Waals surface area contributed by atoms with Crippen molar-refractivity contribution in [1.82, 2.24) is 0 Å². The van der Waals surface area contributed by atoms with Crippen molar-refractivity contribution in [1.29, 1.82) is 0 Å². The van der Waals surface area contributed by atoms with Crippen molar-refractivity contribution >= 4 is 24.9 Å². The summed E-state index contributed by atoms with van der Waals surface area (Å²) < 4.78 is 0. The maximum atomic E-state index is 11.0. The van der Waals surface area contributed by atoms with Crippen LogP contribution in [-0.4, -0.2) is 19.0 Å². The van der Waals surface area contributed by atoms with Gasteiger partial charge in [-0.2, -0.15) is 0 Å². The van der Waals surface area contributed by atoms with Gasteiger partial charge in [0.1, 0.15) is 0 Å². The van der Waals surface area contributed by atoms with Crippen LogP contribution in [0.5, 0.6) is 0 Å². The number of nitro groups is 1. The van der Waals surface area contributed by atoms with Crippen LogP contribution in [-0.2, 0) is 6.54 Å². The van der Waals surface area contributed by atoms with Crippen molar-refractivity contribution in [2.24, 2.45) is 16.5 Å². The molecule has 6 nitrogen and oxygen atoms in total. The van der Waals surface area contributed by atoms with E-state index in [1.807, 2.05) is 6.07 Å². The Bertz CT molecular complexity index is 490. The molecule has 0 aliphatic rings. The molecule has 98 valence electrons. The quantitative estimate of drug-likeness (QED) is 0.278. The molecule has 1 aromatic rings. The number of nitrogens with two attached hydrogens (primary N) is 2. The molecule has 0 aromatic heterocycles. The van der Waals surface area contributed by atoms with Gasteiger partial charge in [-0.25, -0.2) is 4.99 Å². The molecule has 0 saturated heterocycles. The van der Waals surface area contributed by atoms with Crippen LogP contribution in [0, 0.1) is 10.1 Å². The lowest BCUT2D eigenvalue weighted by Crippen LogP contribution is -2.39. The molecule has 0 radical (unpaired) electrons. The third-order valence-corrected chi connectivity index (χ3v) is 4.53. The minimum Gasteiger partial charge on any atom is -0.370 e. The fraction of sp³-hybridized carbons (Fsp3) is 0.364. The van der Waals surface area contributed by atoms with Gasteiger partial charge >= 0.3 is 0 Å². The van der Waals surface area contributed by atoms with E-state index in [2.05, 4.69) is 24.6 Å². The third kappa shape index (κ3) is 3.56. The smallest absolute Gasteiger partial charge is 0.268 e. The Morgan fingerprint density at radius 2 is 2.00 bits per heavy atom. The fourth-order valence-electron chi connectivity index (χ4n) is 1.62. The third-order valence-electron chi connectivity index (χ3n) is 2.51. The average Bonchev–Trinajstić information content (AvgIpc) is 2.24. The number of rotatable bonds is 4. The van der Waals surface area contributed by atoms with Gasteiger partial charge in [-0.05, 0) is 5.56 Å². The molecule has 0 spiro atoms. The van der Waals surface area contributed by atoms with Crippen molar-refractivity contribution in [3.8, 4) is 0 Å². The molecule has 0 heterocycles. The lowest BCUT2D eigenvalue weighted by atomic mass is 10.2. The largest absolute Gasteiger partial charge is 0.370 e. The Morgan fingerprint density at radius 3 is 2.44 bits per heavy atom. The molecule has 0 amide bonds. The zero-order valence-corrected chi connectivity index (χ0v) is 11.8. The first-order chi connectivity index (χ1) is 8.21. The number of guanidine groups is 1. The summed E-state index contributed by atoms with van der Waals surface area (Å²) in [6, 6.07) is 5.07. The maximum absolute atomic E-state index is 11.0. The fourth-order valence-corrected chi connectivity index (χ4v) is 3.19. The predicted molar refractivity (Wildman–Crippen MR) is 75.6 cm³/mol. The number of hydrogen-bond acceptors (Lipinski definition) is 3. The van der Waals surface area contributed by atoms with Crippen LogP contribution >= 0.6 is 0 Å². The second-order valence-electron chi connectivity index (χ2n) is 5.10. The van der Waals surface area contributed by atoms with E-state index in [0.717, 1.165) is 10.8 Å². The van der Waals surface area contributed by atoms with Crippen molar-refractivity contribution < 1.29 is 4.92 Å². The minimum absolute atomic E-state index is 0.0166. The summed E-state index contributed by atoms with van der Waals surface area (Å²) in [7, 11) is -1.78. The van der Waals surface area contributed by atoms with E-state index in [-0.39, 0.29) is 16.6 Å². The van der Waals surface area contributed by atoms with Crippen LogP contribution in [0.25, 0.3) is 0 Å². The Morgan fingerprint density at radius 1 is 1.39 bits per heavy atom. The molecule has 0 bridgehead atoms. The Labute approximate surface area is 107 Å². The summed E-state index contributed by atoms with van der Waals surface area (Å²) in [5.41, 5.74) is 11.6. The molecule has 1 rings (SSSR count). The first-order valence-electron chi connectivity index (χ1n) is 5.55. The van der Waals surface area contributed by atoms with Crippen LogP contribution in [0.4, 0.5) is 5.69 Å². The maximum Gasteiger partial charge on any atom is 0.268 e. The van der Waals surface area contributed by atoms with E-state index >= 15 is 0 Å². The number of nitro benzene ring substituents is 1. The predicted octanol–water partition coefficient (Wildman–Crippen LogP) is 0.913. The molecular weight excluding hydrogens is 248 g/mol. The second kappa shape index (κ2) is 5.17. The molecule has 0 saturated carbocycles. The summed E-state index contributed by atoms with van der Waals surface area (Å²) in [5.74, 6) is 0.0166. The molecule has 7 heteroatoms. The van der Waals surface area contributed by atoms with Crippen LogP contribution in [0.1, 0.15) is 5.56 Å². The van der Waals surface area contributed by atoms with Crippen molar-refractivity contribution in [2.45, 2.75) is 26.2 Å². The zero-order valence-electron chi connectivity index (χ0n) is 10.8. The van der Waals surface area contributed by atoms with Crippen molar-refractivity contribution in [3.05, 3.63) is 33.9 Å². The summed E-state index contributed by atoms with van der Waals surface area (Å²) in [6.07, 6.45) is 0. The van der Waals surface area contributed by atoms with Gasteiger partial charge in [0.15, 0.2) is 5.96 Å². The lowest BCUT2D eigenvalue weighted by Gasteiger charge is -2.17. The van der Waals surface area contributed by atoms with Gasteiger partial charge in [-0.1, -0.05) is 31.8 Å². The topological polar surface area (TPSA) is 108 Å². The molecule has 0 unspecified atom stereocenters. The molecule has 0 atom stereocenters. The monoisotopic (exact) mass is 266 g/mol. The van der Waals surface area contributed by atoms with Gasteiger partial charge in [0.25, 0.3) is 5.69 Å². The number of aliphatic imine (C=N–C) groups is 1. The minimum atomic E-state index is -1.78. The van der Waals surface area contributed by atoms with Gasteiger partial charge in [0.2, 0.25) is 0 Å². The van der Waals surface area contributed by atoms with Gasteiger partial charge in [-0.15, -0.1) is 0 Å². The molecule has 0 fully saturated rings. The summed E-state index contributed by atoms with van der Waals surface area (Å²) in [5, 5.41) is 11.8. The van der Waals surface area contributed by atoms with Crippen molar-refractivity contribution in [2.75, 3.05) is 0 Å². The highest BCUT2D eigenvalue weighted by atomic mass is 28.3. The Hall–Kier alpha value is -1.89. The Kier molecular flexibility index (Phi) is 4.07. The highest BCUT2D eigenvalue weighted by Gasteiger charge is 2.26. The number of hydrogen-bond donors (Lipinski definition) is 2. The standard InChI is InChI=1S/C11H18N4O2Si/c1-18(2,3)10-6-8(7-14-11(12)13)4-5-9(10)15(16)17/h4-6H,7H2,1-3H3,(H4,12,13,14). The lowest BCUT2D eigenvalue weighted by molar-refractivity contribution is -0.383. The van der Waals surface area contributed by atoms with E-state index in [9.17, 15) is 10.1 Å². The number of nitrogens with zero attached hydrogens (tertiary/aromatic N) is 2. The van der Waals surface area contributed by atoms with Gasteiger partial charge < -0.3 is 11.5 Å². The zero-order chi connectivity index (χ0) is 13.9. The molecule has 0 aliphatic heterocycles. The van der Waals surface area contributed by atoms with E-state index in [1.165, 1.54) is 6.07 Å². The van der Waals surface area contributed by atoms with Crippen LogP contribution in [0.15, 0.2) is 23.2 Å². The van der Waals surface area contributed by atoms with Gasteiger partial charge in [-0.3, -0.25) is 10.1 Å². The molecule has 18 heavy (non-hydrogen) atoms. The van der Waals surface area contributed by atoms with E-state index < -0.39 is 8.07 Å². The van der Waals surface area contributed by atoms with Crippen LogP contribution in [0.3, 0.4) is 0 Å². The Balaban J connectivity index is 3.22. The van der Waals surface area contributed by atoms with Gasteiger partial charge in [0, 0.05) is 11.3 Å². The van der Waals surface area contributed by atoms with Gasteiger partial charge in [0.05, 0.1) is 19.5 Å². The SMILES string of the molecule is C[Si](C)(C)c1cc(CN=C(N)N)ccc1[N+](=O)[O-]. The summed E-state index contributed by atoms with van der Waals surface area (Å²) in [4.78, 5) is 14.6. The highest BCUT2D eigenvalue weighted by Crippen LogP contribution is 2.16. The normalized spacial score (nSPS) is 11.1. The molecule has 0 aliphatic carbocycles. The molecular formula is C11H18N4O2Si. The second-order valence-corrected chi connectivity index (χ2v) is 10.1.